The van der Waals surface area contributed by atoms with Crippen LogP contribution in [-0.4, -0.2) is 19.3 Å². The van der Waals surface area contributed by atoms with Gasteiger partial charge in [-0.15, -0.1) is 0 Å². The summed E-state index contributed by atoms with van der Waals surface area (Å²) in [5.41, 5.74) is 14.6. The van der Waals surface area contributed by atoms with Crippen LogP contribution in [0.4, 0.5) is 5.82 Å². The van der Waals surface area contributed by atoms with Gasteiger partial charge in [-0.1, -0.05) is 24.3 Å². The van der Waals surface area contributed by atoms with Crippen molar-refractivity contribution in [2.45, 2.75) is 4.90 Å². The Labute approximate surface area is 150 Å². The number of rotatable bonds is 4. The Morgan fingerprint density at radius 3 is 2.00 bits per heavy atom. The van der Waals surface area contributed by atoms with Crippen molar-refractivity contribution in [1.29, 1.82) is 0 Å². The minimum absolute atomic E-state index is 0.0342. The van der Waals surface area contributed by atoms with E-state index in [1.165, 1.54) is 12.1 Å². The number of primary sulfonamides is 1. The summed E-state index contributed by atoms with van der Waals surface area (Å²) in [4.78, 5) is 15.4. The number of aromatic nitrogens is 1. The van der Waals surface area contributed by atoms with Crippen LogP contribution in [0.15, 0.2) is 65.7 Å². The molecule has 0 aliphatic rings. The van der Waals surface area contributed by atoms with Crippen molar-refractivity contribution in [2.75, 3.05) is 5.73 Å². The molecule has 1 aromatic heterocycles. The lowest BCUT2D eigenvalue weighted by molar-refractivity contribution is 0.100. The van der Waals surface area contributed by atoms with E-state index in [9.17, 15) is 13.2 Å². The lowest BCUT2D eigenvalue weighted by Crippen LogP contribution is -2.11. The Kier molecular flexibility index (Phi) is 4.45. The molecule has 1 amide bonds. The molecule has 0 saturated carbocycles. The maximum Gasteiger partial charge on any atom is 0.248 e. The summed E-state index contributed by atoms with van der Waals surface area (Å²) < 4.78 is 22.7. The number of nitrogens with two attached hydrogens (primary N) is 3. The highest BCUT2D eigenvalue weighted by Gasteiger charge is 2.10. The normalized spacial score (nSPS) is 11.3. The standard InChI is InChI=1S/C18H16N4O3S/c19-17-16(12-1-3-13(4-2-12)18(20)23)9-14(10-22-17)11-5-7-15(8-6-11)26(21,24)25/h1-10H,(H2,19,22)(H2,20,23)(H2,21,24,25). The molecule has 26 heavy (non-hydrogen) atoms. The summed E-state index contributed by atoms with van der Waals surface area (Å²) in [6, 6.07) is 14.7. The highest BCUT2D eigenvalue weighted by atomic mass is 32.2. The molecule has 3 aromatic rings. The Morgan fingerprint density at radius 1 is 0.885 bits per heavy atom. The number of sulfonamides is 1. The van der Waals surface area contributed by atoms with E-state index in [-0.39, 0.29) is 4.90 Å². The maximum absolute atomic E-state index is 11.4. The van der Waals surface area contributed by atoms with Gasteiger partial charge in [0, 0.05) is 22.9 Å². The molecular formula is C18H16N4O3S. The average Bonchev–Trinajstić information content (AvgIpc) is 2.61. The molecule has 0 fully saturated rings. The second kappa shape index (κ2) is 6.58. The molecule has 0 aliphatic carbocycles. The SMILES string of the molecule is NC(=O)c1ccc(-c2cc(-c3ccc(S(N)(=O)=O)cc3)cnc2N)cc1. The Bertz CT molecular complexity index is 1080. The average molecular weight is 368 g/mol. The van der Waals surface area contributed by atoms with Gasteiger partial charge in [-0.3, -0.25) is 4.79 Å². The summed E-state index contributed by atoms with van der Waals surface area (Å²) in [6.45, 7) is 0. The van der Waals surface area contributed by atoms with Gasteiger partial charge >= 0.3 is 0 Å². The molecule has 0 aliphatic heterocycles. The van der Waals surface area contributed by atoms with Crippen LogP contribution >= 0.6 is 0 Å². The van der Waals surface area contributed by atoms with Gasteiger partial charge in [-0.2, -0.15) is 0 Å². The smallest absolute Gasteiger partial charge is 0.248 e. The molecule has 0 spiro atoms. The molecule has 132 valence electrons. The lowest BCUT2D eigenvalue weighted by Gasteiger charge is -2.09. The Balaban J connectivity index is 2.01. The molecule has 0 saturated heterocycles. The summed E-state index contributed by atoms with van der Waals surface area (Å²) in [5.74, 6) is -0.173. The molecule has 0 atom stereocenters. The highest BCUT2D eigenvalue weighted by molar-refractivity contribution is 7.89. The van der Waals surface area contributed by atoms with Crippen molar-refractivity contribution in [1.82, 2.24) is 4.98 Å². The number of hydrogen-bond donors (Lipinski definition) is 3. The van der Waals surface area contributed by atoms with E-state index in [4.69, 9.17) is 16.6 Å². The van der Waals surface area contributed by atoms with Gasteiger partial charge in [-0.05, 0) is 41.5 Å². The van der Waals surface area contributed by atoms with Crippen molar-refractivity contribution in [3.05, 3.63) is 66.4 Å². The number of primary amides is 1. The number of carbonyl (C=O) groups excluding carboxylic acids is 1. The lowest BCUT2D eigenvalue weighted by atomic mass is 10.00. The maximum atomic E-state index is 11.4. The zero-order valence-electron chi connectivity index (χ0n) is 13.6. The molecule has 8 heteroatoms. The number of benzene rings is 2. The monoisotopic (exact) mass is 368 g/mol. The number of hydrogen-bond acceptors (Lipinski definition) is 5. The van der Waals surface area contributed by atoms with Crippen LogP contribution in [0.3, 0.4) is 0 Å². The number of nitrogen functional groups attached to an aromatic ring is 1. The molecule has 0 bridgehead atoms. The van der Waals surface area contributed by atoms with Crippen LogP contribution in [0.5, 0.6) is 0 Å². The number of pyridine rings is 1. The van der Waals surface area contributed by atoms with Crippen molar-refractivity contribution < 1.29 is 13.2 Å². The van der Waals surface area contributed by atoms with Gasteiger partial charge in [-0.25, -0.2) is 18.5 Å². The number of anilines is 1. The first-order valence-electron chi connectivity index (χ1n) is 7.55. The van der Waals surface area contributed by atoms with Gasteiger partial charge in [0.1, 0.15) is 5.82 Å². The van der Waals surface area contributed by atoms with E-state index in [2.05, 4.69) is 4.98 Å². The fourth-order valence-corrected chi connectivity index (χ4v) is 3.03. The molecule has 3 rings (SSSR count). The summed E-state index contributed by atoms with van der Waals surface area (Å²) >= 11 is 0. The topological polar surface area (TPSA) is 142 Å². The zero-order valence-corrected chi connectivity index (χ0v) is 14.4. The Hall–Kier alpha value is -3.23. The van der Waals surface area contributed by atoms with Gasteiger partial charge < -0.3 is 11.5 Å². The van der Waals surface area contributed by atoms with Crippen LogP contribution in [0.1, 0.15) is 10.4 Å². The first-order chi connectivity index (χ1) is 12.3. The molecular weight excluding hydrogens is 352 g/mol. The minimum atomic E-state index is -3.74. The van der Waals surface area contributed by atoms with Crippen LogP contribution in [0.25, 0.3) is 22.3 Å². The van der Waals surface area contributed by atoms with Gasteiger partial charge in [0.2, 0.25) is 15.9 Å². The van der Waals surface area contributed by atoms with E-state index >= 15 is 0 Å². The van der Waals surface area contributed by atoms with E-state index in [1.807, 2.05) is 6.07 Å². The first kappa shape index (κ1) is 17.6. The second-order valence-electron chi connectivity index (χ2n) is 5.67. The van der Waals surface area contributed by atoms with Crippen LogP contribution < -0.4 is 16.6 Å². The van der Waals surface area contributed by atoms with E-state index < -0.39 is 15.9 Å². The van der Waals surface area contributed by atoms with Crippen LogP contribution in [0, 0.1) is 0 Å². The predicted molar refractivity (Wildman–Crippen MR) is 99.4 cm³/mol. The highest BCUT2D eigenvalue weighted by Crippen LogP contribution is 2.30. The van der Waals surface area contributed by atoms with Crippen molar-refractivity contribution >= 4 is 21.7 Å². The van der Waals surface area contributed by atoms with E-state index in [0.717, 1.165) is 16.7 Å². The number of amides is 1. The third-order valence-electron chi connectivity index (χ3n) is 3.92. The molecule has 0 radical (unpaired) electrons. The van der Waals surface area contributed by atoms with Gasteiger partial charge in [0.25, 0.3) is 0 Å². The largest absolute Gasteiger partial charge is 0.383 e. The zero-order chi connectivity index (χ0) is 18.9. The molecule has 1 heterocycles. The summed E-state index contributed by atoms with van der Waals surface area (Å²) in [6.07, 6.45) is 1.60. The first-order valence-corrected chi connectivity index (χ1v) is 9.09. The van der Waals surface area contributed by atoms with E-state index in [1.54, 1.807) is 42.6 Å². The number of nitrogens with zero attached hydrogens (tertiary/aromatic N) is 1. The van der Waals surface area contributed by atoms with Crippen LogP contribution in [-0.2, 0) is 10.0 Å². The third kappa shape index (κ3) is 3.56. The molecule has 6 N–H and O–H groups in total. The third-order valence-corrected chi connectivity index (χ3v) is 4.84. The summed E-state index contributed by atoms with van der Waals surface area (Å²) in [5, 5.41) is 5.11. The molecule has 7 nitrogen and oxygen atoms in total. The molecule has 2 aromatic carbocycles. The van der Waals surface area contributed by atoms with Crippen molar-refractivity contribution in [2.24, 2.45) is 10.9 Å². The Morgan fingerprint density at radius 2 is 1.46 bits per heavy atom. The minimum Gasteiger partial charge on any atom is -0.383 e. The summed E-state index contributed by atoms with van der Waals surface area (Å²) in [7, 11) is -3.74. The van der Waals surface area contributed by atoms with Crippen molar-refractivity contribution in [3.63, 3.8) is 0 Å². The number of carbonyl (C=O) groups is 1. The predicted octanol–water partition coefficient (Wildman–Crippen LogP) is 1.74. The molecule has 0 unspecified atom stereocenters. The fourth-order valence-electron chi connectivity index (χ4n) is 2.52. The quantitative estimate of drug-likeness (QED) is 0.643. The fraction of sp³-hybridized carbons (Fsp3) is 0. The van der Waals surface area contributed by atoms with Crippen molar-refractivity contribution in [3.8, 4) is 22.3 Å². The van der Waals surface area contributed by atoms with Gasteiger partial charge in [0.15, 0.2) is 0 Å². The van der Waals surface area contributed by atoms with E-state index in [0.29, 0.717) is 16.9 Å². The second-order valence-corrected chi connectivity index (χ2v) is 7.23. The van der Waals surface area contributed by atoms with Gasteiger partial charge in [0.05, 0.1) is 4.90 Å². The van der Waals surface area contributed by atoms with Crippen LogP contribution in [0.2, 0.25) is 0 Å².